The molecule has 0 aromatic carbocycles. The van der Waals surface area contributed by atoms with Crippen LogP contribution in [-0.2, 0) is 14.9 Å². The number of hydrogen-bond acceptors (Lipinski definition) is 4. The molecule has 6 nitrogen and oxygen atoms in total. The molecule has 0 aromatic rings. The van der Waals surface area contributed by atoms with Gasteiger partial charge in [0.25, 0.3) is 10.2 Å². The van der Waals surface area contributed by atoms with Crippen molar-refractivity contribution in [3.05, 3.63) is 0 Å². The van der Waals surface area contributed by atoms with Crippen molar-refractivity contribution in [2.24, 2.45) is 11.7 Å². The minimum absolute atomic E-state index is 0.226. The molecule has 2 aliphatic heterocycles. The predicted molar refractivity (Wildman–Crippen MR) is 78.5 cm³/mol. The minimum Gasteiger partial charge on any atom is -0.368 e. The molecule has 0 amide bonds. The Morgan fingerprint density at radius 2 is 2.00 bits per heavy atom. The van der Waals surface area contributed by atoms with Crippen molar-refractivity contribution in [2.45, 2.75) is 45.3 Å². The second-order valence-electron chi connectivity index (χ2n) is 6.64. The highest BCUT2D eigenvalue weighted by Gasteiger charge is 2.41. The van der Waals surface area contributed by atoms with Crippen LogP contribution >= 0.6 is 0 Å². The van der Waals surface area contributed by atoms with Gasteiger partial charge in [-0.3, -0.25) is 0 Å². The zero-order valence-electron chi connectivity index (χ0n) is 12.7. The van der Waals surface area contributed by atoms with Gasteiger partial charge in [0.2, 0.25) is 0 Å². The smallest absolute Gasteiger partial charge is 0.282 e. The molecule has 2 heterocycles. The molecule has 118 valence electrons. The third-order valence-corrected chi connectivity index (χ3v) is 5.90. The average molecular weight is 305 g/mol. The third-order valence-electron chi connectivity index (χ3n) is 3.99. The summed E-state index contributed by atoms with van der Waals surface area (Å²) in [4.78, 5) is 0. The van der Waals surface area contributed by atoms with E-state index >= 15 is 0 Å². The lowest BCUT2D eigenvalue weighted by molar-refractivity contribution is -0.113. The molecule has 2 fully saturated rings. The molecular formula is C13H27N3O3S. The van der Waals surface area contributed by atoms with Gasteiger partial charge in [0.1, 0.15) is 0 Å². The Morgan fingerprint density at radius 3 is 2.60 bits per heavy atom. The average Bonchev–Trinajstić information content (AvgIpc) is 2.36. The summed E-state index contributed by atoms with van der Waals surface area (Å²) < 4.78 is 34.6. The molecular weight excluding hydrogens is 278 g/mol. The van der Waals surface area contributed by atoms with Crippen LogP contribution in [0, 0.1) is 5.92 Å². The van der Waals surface area contributed by atoms with Crippen LogP contribution in [0.5, 0.6) is 0 Å². The van der Waals surface area contributed by atoms with Crippen LogP contribution < -0.4 is 5.73 Å². The Bertz CT molecular complexity index is 438. The van der Waals surface area contributed by atoms with Crippen molar-refractivity contribution >= 4 is 10.2 Å². The fourth-order valence-corrected chi connectivity index (χ4v) is 5.02. The molecule has 0 aliphatic carbocycles. The lowest BCUT2D eigenvalue weighted by Gasteiger charge is -2.44. The van der Waals surface area contributed by atoms with Crippen molar-refractivity contribution in [1.82, 2.24) is 8.61 Å². The van der Waals surface area contributed by atoms with E-state index < -0.39 is 15.8 Å². The van der Waals surface area contributed by atoms with Crippen molar-refractivity contribution in [3.63, 3.8) is 0 Å². The highest BCUT2D eigenvalue weighted by atomic mass is 32.2. The van der Waals surface area contributed by atoms with Gasteiger partial charge in [-0.15, -0.1) is 0 Å². The summed E-state index contributed by atoms with van der Waals surface area (Å²) in [5.74, 6) is 0.429. The van der Waals surface area contributed by atoms with E-state index in [4.69, 9.17) is 10.5 Å². The van der Waals surface area contributed by atoms with Gasteiger partial charge >= 0.3 is 0 Å². The number of nitrogens with zero attached hydrogens (tertiary/aromatic N) is 2. The monoisotopic (exact) mass is 305 g/mol. The second-order valence-corrected chi connectivity index (χ2v) is 8.57. The van der Waals surface area contributed by atoms with Gasteiger partial charge in [0, 0.05) is 32.7 Å². The summed E-state index contributed by atoms with van der Waals surface area (Å²) in [6.07, 6.45) is 1.82. The lowest BCUT2D eigenvalue weighted by atomic mass is 10.0. The SMILES string of the molecule is CC1CCCN(S(=O)(=O)N2CC(CN)OC(C)(C)C2)C1. The summed E-state index contributed by atoms with van der Waals surface area (Å²) in [5.41, 5.74) is 5.18. The number of ether oxygens (including phenoxy) is 1. The molecule has 0 radical (unpaired) electrons. The topological polar surface area (TPSA) is 75.9 Å². The normalized spacial score (nSPS) is 33.2. The Labute approximate surface area is 122 Å². The Balaban J connectivity index is 2.15. The van der Waals surface area contributed by atoms with Gasteiger partial charge < -0.3 is 10.5 Å². The van der Waals surface area contributed by atoms with Crippen LogP contribution in [0.2, 0.25) is 0 Å². The Kier molecular flexibility index (Phi) is 4.76. The first kappa shape index (κ1) is 16.2. The van der Waals surface area contributed by atoms with E-state index in [9.17, 15) is 8.42 Å². The summed E-state index contributed by atoms with van der Waals surface area (Å²) in [7, 11) is -3.40. The number of morpholine rings is 1. The third kappa shape index (κ3) is 3.51. The molecule has 2 atom stereocenters. The summed E-state index contributed by atoms with van der Waals surface area (Å²) in [6, 6.07) is 0. The Morgan fingerprint density at radius 1 is 1.30 bits per heavy atom. The molecule has 2 aliphatic rings. The van der Waals surface area contributed by atoms with Crippen LogP contribution in [0.25, 0.3) is 0 Å². The molecule has 0 spiro atoms. The van der Waals surface area contributed by atoms with Crippen LogP contribution in [0.15, 0.2) is 0 Å². The zero-order valence-corrected chi connectivity index (χ0v) is 13.5. The number of nitrogens with two attached hydrogens (primary N) is 1. The van der Waals surface area contributed by atoms with E-state index in [0.717, 1.165) is 12.8 Å². The van der Waals surface area contributed by atoms with Crippen LogP contribution in [0.4, 0.5) is 0 Å². The Hall–Kier alpha value is -0.210. The van der Waals surface area contributed by atoms with Crippen molar-refractivity contribution < 1.29 is 13.2 Å². The summed E-state index contributed by atoms with van der Waals surface area (Å²) in [5, 5.41) is 0. The van der Waals surface area contributed by atoms with E-state index in [0.29, 0.717) is 38.6 Å². The van der Waals surface area contributed by atoms with E-state index in [1.807, 2.05) is 13.8 Å². The van der Waals surface area contributed by atoms with Gasteiger partial charge in [-0.25, -0.2) is 0 Å². The molecule has 0 bridgehead atoms. The van der Waals surface area contributed by atoms with E-state index in [1.165, 1.54) is 0 Å². The van der Waals surface area contributed by atoms with E-state index in [-0.39, 0.29) is 6.10 Å². The van der Waals surface area contributed by atoms with Crippen molar-refractivity contribution in [1.29, 1.82) is 0 Å². The molecule has 7 heteroatoms. The summed E-state index contributed by atoms with van der Waals surface area (Å²) in [6.45, 7) is 8.25. The van der Waals surface area contributed by atoms with Crippen LogP contribution in [-0.4, -0.2) is 61.5 Å². The molecule has 2 saturated heterocycles. The van der Waals surface area contributed by atoms with Gasteiger partial charge in [-0.05, 0) is 32.6 Å². The first-order valence-corrected chi connectivity index (χ1v) is 8.77. The maximum absolute atomic E-state index is 12.8. The standard InChI is InChI=1S/C13H27N3O3S/c1-11-5-4-6-15(8-11)20(17,18)16-9-12(7-14)19-13(2,3)10-16/h11-12H,4-10,14H2,1-3H3. The largest absolute Gasteiger partial charge is 0.368 e. The van der Waals surface area contributed by atoms with Crippen LogP contribution in [0.1, 0.15) is 33.6 Å². The fraction of sp³-hybridized carbons (Fsp3) is 1.00. The van der Waals surface area contributed by atoms with Crippen LogP contribution in [0.3, 0.4) is 0 Å². The summed E-state index contributed by atoms with van der Waals surface area (Å²) >= 11 is 0. The second kappa shape index (κ2) is 5.88. The molecule has 20 heavy (non-hydrogen) atoms. The first-order valence-electron chi connectivity index (χ1n) is 7.38. The van der Waals surface area contributed by atoms with E-state index in [2.05, 4.69) is 6.92 Å². The molecule has 2 N–H and O–H groups in total. The molecule has 0 aromatic heterocycles. The first-order chi connectivity index (χ1) is 9.24. The van der Waals surface area contributed by atoms with Gasteiger partial charge in [0.05, 0.1) is 11.7 Å². The number of hydrogen-bond donors (Lipinski definition) is 1. The quantitative estimate of drug-likeness (QED) is 0.819. The minimum atomic E-state index is -3.40. The van der Waals surface area contributed by atoms with Gasteiger partial charge in [0.15, 0.2) is 0 Å². The fourth-order valence-electron chi connectivity index (χ4n) is 3.06. The zero-order chi connectivity index (χ0) is 15.0. The predicted octanol–water partition coefficient (Wildman–Crippen LogP) is 0.401. The maximum atomic E-state index is 12.8. The highest BCUT2D eigenvalue weighted by molar-refractivity contribution is 7.86. The highest BCUT2D eigenvalue weighted by Crippen LogP contribution is 2.26. The van der Waals surface area contributed by atoms with Crippen molar-refractivity contribution in [3.8, 4) is 0 Å². The maximum Gasteiger partial charge on any atom is 0.282 e. The molecule has 0 saturated carbocycles. The molecule has 2 unspecified atom stereocenters. The van der Waals surface area contributed by atoms with E-state index in [1.54, 1.807) is 8.61 Å². The van der Waals surface area contributed by atoms with Gasteiger partial charge in [-0.1, -0.05) is 6.92 Å². The lowest BCUT2D eigenvalue weighted by Crippen LogP contribution is -2.59. The van der Waals surface area contributed by atoms with Gasteiger partial charge in [-0.2, -0.15) is 17.0 Å². The number of piperidine rings is 1. The molecule has 2 rings (SSSR count). The van der Waals surface area contributed by atoms with Crippen molar-refractivity contribution in [2.75, 3.05) is 32.7 Å². The number of rotatable bonds is 3.